The number of nitrogens with one attached hydrogen (secondary N) is 4. The molecule has 0 spiro atoms. The number of hydrogen-bond acceptors (Lipinski definition) is 4. The number of hydrogen-bond donors (Lipinski definition) is 4. The SMILES string of the molecule is Cc1cc(F)ccc1NC(=O)CCNC(=O)CC[C@@H]1NC(=O)NC1=O. The van der Waals surface area contributed by atoms with E-state index in [-0.39, 0.29) is 43.4 Å². The zero-order valence-corrected chi connectivity index (χ0v) is 13.6. The first kappa shape index (κ1) is 18.4. The summed E-state index contributed by atoms with van der Waals surface area (Å²) in [7, 11) is 0. The van der Waals surface area contributed by atoms with Gasteiger partial charge in [-0.05, 0) is 37.1 Å². The van der Waals surface area contributed by atoms with E-state index in [1.54, 1.807) is 6.92 Å². The highest BCUT2D eigenvalue weighted by atomic mass is 19.1. The van der Waals surface area contributed by atoms with Crippen LogP contribution in [0.5, 0.6) is 0 Å². The Balaban J connectivity index is 1.66. The third-order valence-electron chi connectivity index (χ3n) is 3.66. The fourth-order valence-electron chi connectivity index (χ4n) is 2.32. The van der Waals surface area contributed by atoms with E-state index in [0.717, 1.165) is 0 Å². The van der Waals surface area contributed by atoms with Crippen LogP contribution < -0.4 is 21.3 Å². The fourth-order valence-corrected chi connectivity index (χ4v) is 2.32. The highest BCUT2D eigenvalue weighted by molar-refractivity contribution is 6.04. The van der Waals surface area contributed by atoms with Crippen LogP contribution in [0.1, 0.15) is 24.8 Å². The molecular formula is C16H19FN4O4. The van der Waals surface area contributed by atoms with E-state index in [0.29, 0.717) is 11.3 Å². The Labute approximate surface area is 143 Å². The maximum absolute atomic E-state index is 13.0. The van der Waals surface area contributed by atoms with E-state index in [1.807, 2.05) is 0 Å². The minimum Gasteiger partial charge on any atom is -0.356 e. The molecule has 1 aromatic rings. The van der Waals surface area contributed by atoms with Crippen LogP contribution in [-0.2, 0) is 14.4 Å². The Hall–Kier alpha value is -2.97. The van der Waals surface area contributed by atoms with Gasteiger partial charge >= 0.3 is 6.03 Å². The van der Waals surface area contributed by atoms with Crippen molar-refractivity contribution in [3.8, 4) is 0 Å². The van der Waals surface area contributed by atoms with E-state index in [2.05, 4.69) is 21.3 Å². The van der Waals surface area contributed by atoms with Crippen LogP contribution in [0.25, 0.3) is 0 Å². The number of carbonyl (C=O) groups is 4. The second kappa shape index (κ2) is 8.22. The predicted octanol–water partition coefficient (Wildman–Crippen LogP) is 0.567. The number of imide groups is 1. The van der Waals surface area contributed by atoms with Crippen LogP contribution in [0.15, 0.2) is 18.2 Å². The molecule has 0 saturated carbocycles. The van der Waals surface area contributed by atoms with Gasteiger partial charge in [0.05, 0.1) is 0 Å². The average Bonchev–Trinajstić information content (AvgIpc) is 2.86. The minimum atomic E-state index is -0.706. The molecule has 0 aromatic heterocycles. The molecule has 1 fully saturated rings. The maximum Gasteiger partial charge on any atom is 0.322 e. The van der Waals surface area contributed by atoms with Crippen LogP contribution >= 0.6 is 0 Å². The quantitative estimate of drug-likeness (QED) is 0.538. The lowest BCUT2D eigenvalue weighted by atomic mass is 10.1. The van der Waals surface area contributed by atoms with Crippen LogP contribution in [0, 0.1) is 12.7 Å². The van der Waals surface area contributed by atoms with Crippen molar-refractivity contribution >= 4 is 29.4 Å². The highest BCUT2D eigenvalue weighted by Gasteiger charge is 2.29. The first-order valence-corrected chi connectivity index (χ1v) is 7.79. The van der Waals surface area contributed by atoms with Gasteiger partial charge in [-0.3, -0.25) is 19.7 Å². The monoisotopic (exact) mass is 350 g/mol. The number of anilines is 1. The summed E-state index contributed by atoms with van der Waals surface area (Å²) < 4.78 is 13.0. The predicted molar refractivity (Wildman–Crippen MR) is 87.1 cm³/mol. The number of rotatable bonds is 7. The summed E-state index contributed by atoms with van der Waals surface area (Å²) in [6.07, 6.45) is 0.296. The first-order valence-electron chi connectivity index (χ1n) is 7.79. The van der Waals surface area contributed by atoms with E-state index in [9.17, 15) is 23.6 Å². The molecule has 0 radical (unpaired) electrons. The molecule has 134 valence electrons. The summed E-state index contributed by atoms with van der Waals surface area (Å²) in [6, 6.07) is 2.77. The molecule has 0 aliphatic carbocycles. The van der Waals surface area contributed by atoms with Crippen LogP contribution in [0.2, 0.25) is 0 Å². The fraction of sp³-hybridized carbons (Fsp3) is 0.375. The molecule has 1 aliphatic rings. The smallest absolute Gasteiger partial charge is 0.322 e. The third kappa shape index (κ3) is 5.55. The van der Waals surface area contributed by atoms with Crippen LogP contribution in [-0.4, -0.2) is 36.3 Å². The molecule has 2 rings (SSSR count). The van der Waals surface area contributed by atoms with Crippen molar-refractivity contribution in [1.29, 1.82) is 0 Å². The van der Waals surface area contributed by atoms with E-state index in [1.165, 1.54) is 18.2 Å². The van der Waals surface area contributed by atoms with Gasteiger partial charge in [0.15, 0.2) is 0 Å². The lowest BCUT2D eigenvalue weighted by Gasteiger charge is -2.10. The Morgan fingerprint density at radius 2 is 1.96 bits per heavy atom. The van der Waals surface area contributed by atoms with Crippen molar-refractivity contribution < 1.29 is 23.6 Å². The molecule has 1 atom stereocenters. The van der Waals surface area contributed by atoms with Gasteiger partial charge in [0.25, 0.3) is 5.91 Å². The van der Waals surface area contributed by atoms with Gasteiger partial charge < -0.3 is 16.0 Å². The second-order valence-electron chi connectivity index (χ2n) is 5.66. The number of benzene rings is 1. The van der Waals surface area contributed by atoms with Crippen molar-refractivity contribution in [3.63, 3.8) is 0 Å². The molecular weight excluding hydrogens is 331 g/mol. The molecule has 0 bridgehead atoms. The first-order chi connectivity index (χ1) is 11.8. The van der Waals surface area contributed by atoms with E-state index < -0.39 is 18.0 Å². The zero-order valence-electron chi connectivity index (χ0n) is 13.6. The van der Waals surface area contributed by atoms with Gasteiger partial charge in [-0.1, -0.05) is 0 Å². The van der Waals surface area contributed by atoms with Gasteiger partial charge in [0.1, 0.15) is 11.9 Å². The van der Waals surface area contributed by atoms with Gasteiger partial charge in [-0.2, -0.15) is 0 Å². The van der Waals surface area contributed by atoms with Crippen molar-refractivity contribution in [2.75, 3.05) is 11.9 Å². The lowest BCUT2D eigenvalue weighted by molar-refractivity contribution is -0.122. The highest BCUT2D eigenvalue weighted by Crippen LogP contribution is 2.15. The summed E-state index contributed by atoms with van der Waals surface area (Å²) in [6.45, 7) is 1.81. The molecule has 1 aromatic carbocycles. The summed E-state index contributed by atoms with van der Waals surface area (Å²) in [5.41, 5.74) is 1.12. The van der Waals surface area contributed by atoms with Gasteiger partial charge in [-0.15, -0.1) is 0 Å². The van der Waals surface area contributed by atoms with Gasteiger partial charge in [0.2, 0.25) is 11.8 Å². The summed E-state index contributed by atoms with van der Waals surface area (Å²) >= 11 is 0. The van der Waals surface area contributed by atoms with Crippen molar-refractivity contribution in [1.82, 2.24) is 16.0 Å². The van der Waals surface area contributed by atoms with Gasteiger partial charge in [0, 0.05) is 25.1 Å². The molecule has 0 unspecified atom stereocenters. The zero-order chi connectivity index (χ0) is 18.4. The molecule has 9 heteroatoms. The topological polar surface area (TPSA) is 116 Å². The lowest BCUT2D eigenvalue weighted by Crippen LogP contribution is -2.32. The van der Waals surface area contributed by atoms with Crippen molar-refractivity contribution in [2.45, 2.75) is 32.2 Å². The Bertz CT molecular complexity index is 707. The number of carbonyl (C=O) groups excluding carboxylic acids is 4. The van der Waals surface area contributed by atoms with Crippen LogP contribution in [0.4, 0.5) is 14.9 Å². The van der Waals surface area contributed by atoms with Crippen molar-refractivity contribution in [3.05, 3.63) is 29.6 Å². The largest absolute Gasteiger partial charge is 0.356 e. The van der Waals surface area contributed by atoms with Crippen LogP contribution in [0.3, 0.4) is 0 Å². The normalized spacial score (nSPS) is 16.2. The second-order valence-corrected chi connectivity index (χ2v) is 5.66. The van der Waals surface area contributed by atoms with Crippen molar-refractivity contribution in [2.24, 2.45) is 0 Å². The number of aryl methyl sites for hydroxylation is 1. The van der Waals surface area contributed by atoms with E-state index in [4.69, 9.17) is 0 Å². The summed E-state index contributed by atoms with van der Waals surface area (Å²) in [4.78, 5) is 45.8. The standard InChI is InChI=1S/C16H19FN4O4/c1-9-8-10(17)2-3-11(9)19-14(23)6-7-18-13(22)5-4-12-15(24)21-16(25)20-12/h2-3,8,12H,4-7H2,1H3,(H,18,22)(H,19,23)(H2,20,21,24,25)/t12-/m0/s1. The summed E-state index contributed by atoms with van der Waals surface area (Å²) in [5.74, 6) is -1.46. The minimum absolute atomic E-state index is 0.0526. The third-order valence-corrected chi connectivity index (χ3v) is 3.66. The number of urea groups is 1. The molecule has 1 saturated heterocycles. The number of halogens is 1. The molecule has 1 heterocycles. The molecule has 8 nitrogen and oxygen atoms in total. The Kier molecular flexibility index (Phi) is 6.04. The maximum atomic E-state index is 13.0. The molecule has 5 amide bonds. The Morgan fingerprint density at radius 3 is 2.60 bits per heavy atom. The molecule has 25 heavy (non-hydrogen) atoms. The summed E-state index contributed by atoms with van der Waals surface area (Å²) in [5, 5.41) is 9.69. The van der Waals surface area contributed by atoms with E-state index >= 15 is 0 Å². The molecule has 4 N–H and O–H groups in total. The average molecular weight is 350 g/mol. The van der Waals surface area contributed by atoms with Gasteiger partial charge in [-0.25, -0.2) is 9.18 Å². The number of amides is 5. The Morgan fingerprint density at radius 1 is 1.20 bits per heavy atom. The molecule has 1 aliphatic heterocycles.